The summed E-state index contributed by atoms with van der Waals surface area (Å²) in [5.41, 5.74) is 0.781. The van der Waals surface area contributed by atoms with Crippen molar-refractivity contribution in [1.82, 2.24) is 9.80 Å². The molecule has 2 aliphatic rings. The summed E-state index contributed by atoms with van der Waals surface area (Å²) < 4.78 is 10.9. The van der Waals surface area contributed by atoms with Crippen LogP contribution in [0.4, 0.5) is 4.79 Å². The number of carbonyl (C=O) groups is 2. The molecule has 2 heterocycles. The van der Waals surface area contributed by atoms with E-state index in [2.05, 4.69) is 12.1 Å². The van der Waals surface area contributed by atoms with E-state index >= 15 is 0 Å². The van der Waals surface area contributed by atoms with E-state index in [4.69, 9.17) is 9.47 Å². The normalized spacial score (nSPS) is 19.3. The Morgan fingerprint density at radius 3 is 2.64 bits per heavy atom. The monoisotopic (exact) mass is 346 g/mol. The van der Waals surface area contributed by atoms with Crippen molar-refractivity contribution in [2.45, 2.75) is 31.8 Å². The molecule has 2 saturated heterocycles. The fraction of sp³-hybridized carbons (Fsp3) is 0.579. The van der Waals surface area contributed by atoms with Crippen LogP contribution in [0.3, 0.4) is 0 Å². The van der Waals surface area contributed by atoms with Crippen LogP contribution in [0.15, 0.2) is 30.3 Å². The van der Waals surface area contributed by atoms with Crippen molar-refractivity contribution in [2.75, 3.05) is 39.4 Å². The van der Waals surface area contributed by atoms with Crippen molar-refractivity contribution in [2.24, 2.45) is 0 Å². The Bertz CT molecular complexity index is 597. The number of likely N-dealkylation sites (tertiary alicyclic amines) is 1. The van der Waals surface area contributed by atoms with E-state index in [1.807, 2.05) is 25.1 Å². The summed E-state index contributed by atoms with van der Waals surface area (Å²) in [5.74, 6) is 0.0157. The van der Waals surface area contributed by atoms with Gasteiger partial charge in [0.05, 0.1) is 6.54 Å². The minimum absolute atomic E-state index is 0.0157. The molecule has 6 nitrogen and oxygen atoms in total. The largest absolute Gasteiger partial charge is 0.441 e. The van der Waals surface area contributed by atoms with Crippen molar-refractivity contribution in [1.29, 1.82) is 0 Å². The third kappa shape index (κ3) is 4.31. The molecule has 1 spiro atoms. The highest BCUT2D eigenvalue weighted by Crippen LogP contribution is 2.33. The fourth-order valence-electron chi connectivity index (χ4n) is 3.48. The summed E-state index contributed by atoms with van der Waals surface area (Å²) in [5, 5.41) is 0. The first-order chi connectivity index (χ1) is 12.1. The van der Waals surface area contributed by atoms with Crippen molar-refractivity contribution in [3.63, 3.8) is 0 Å². The zero-order valence-electron chi connectivity index (χ0n) is 14.8. The zero-order chi connectivity index (χ0) is 17.7. The molecular weight excluding hydrogens is 320 g/mol. The van der Waals surface area contributed by atoms with E-state index in [0.717, 1.165) is 6.42 Å². The maximum Gasteiger partial charge on any atom is 0.410 e. The van der Waals surface area contributed by atoms with Gasteiger partial charge >= 0.3 is 6.09 Å². The van der Waals surface area contributed by atoms with Gasteiger partial charge in [0.2, 0.25) is 5.91 Å². The number of hydrogen-bond acceptors (Lipinski definition) is 4. The van der Waals surface area contributed by atoms with Crippen LogP contribution in [-0.4, -0.2) is 66.8 Å². The molecule has 136 valence electrons. The highest BCUT2D eigenvalue weighted by molar-refractivity contribution is 5.77. The topological polar surface area (TPSA) is 59.1 Å². The molecule has 0 saturated carbocycles. The van der Waals surface area contributed by atoms with Gasteiger partial charge in [-0.15, -0.1) is 0 Å². The van der Waals surface area contributed by atoms with Crippen LogP contribution < -0.4 is 0 Å². The molecule has 0 unspecified atom stereocenters. The molecule has 2 fully saturated rings. The smallest absolute Gasteiger partial charge is 0.410 e. The predicted molar refractivity (Wildman–Crippen MR) is 93.2 cm³/mol. The Balaban J connectivity index is 1.50. The van der Waals surface area contributed by atoms with Crippen LogP contribution in [0.1, 0.15) is 25.3 Å². The Morgan fingerprint density at radius 1 is 1.24 bits per heavy atom. The van der Waals surface area contributed by atoms with Gasteiger partial charge in [-0.05, 0) is 18.9 Å². The lowest BCUT2D eigenvalue weighted by atomic mass is 9.91. The summed E-state index contributed by atoms with van der Waals surface area (Å²) in [7, 11) is 0. The summed E-state index contributed by atoms with van der Waals surface area (Å²) >= 11 is 0. The van der Waals surface area contributed by atoms with Crippen LogP contribution >= 0.6 is 0 Å². The van der Waals surface area contributed by atoms with E-state index in [-0.39, 0.29) is 18.6 Å². The van der Waals surface area contributed by atoms with Gasteiger partial charge in [0.1, 0.15) is 12.2 Å². The molecule has 1 aromatic carbocycles. The molecule has 25 heavy (non-hydrogen) atoms. The molecule has 0 aromatic heterocycles. The lowest BCUT2D eigenvalue weighted by Gasteiger charge is -2.37. The van der Waals surface area contributed by atoms with E-state index in [1.165, 1.54) is 5.56 Å². The standard InChI is InChI=1S/C19H26N2O4/c1-2-24-14-17(22)20-12-9-19(10-13-20)15-21(18(23)25-19)11-8-16-6-4-3-5-7-16/h3-7H,2,8-15H2,1H3. The second-order valence-electron chi connectivity index (χ2n) is 6.73. The van der Waals surface area contributed by atoms with Crippen LogP contribution in [0.2, 0.25) is 0 Å². The minimum Gasteiger partial charge on any atom is -0.441 e. The second kappa shape index (κ2) is 7.87. The number of benzene rings is 1. The molecule has 1 aromatic rings. The Labute approximate surface area is 148 Å². The number of rotatable bonds is 6. The molecule has 6 heteroatoms. The van der Waals surface area contributed by atoms with Crippen LogP contribution in [0.5, 0.6) is 0 Å². The molecule has 0 radical (unpaired) electrons. The Kier molecular flexibility index (Phi) is 5.58. The number of hydrogen-bond donors (Lipinski definition) is 0. The first-order valence-corrected chi connectivity index (χ1v) is 8.99. The third-order valence-electron chi connectivity index (χ3n) is 5.01. The summed E-state index contributed by atoms with van der Waals surface area (Å²) in [6.45, 7) is 5.06. The SMILES string of the molecule is CCOCC(=O)N1CCC2(CC1)CN(CCc1ccccc1)C(=O)O2. The zero-order valence-corrected chi connectivity index (χ0v) is 14.8. The number of ether oxygens (including phenoxy) is 2. The highest BCUT2D eigenvalue weighted by Gasteiger charge is 2.47. The lowest BCUT2D eigenvalue weighted by molar-refractivity contribution is -0.139. The quantitative estimate of drug-likeness (QED) is 0.791. The summed E-state index contributed by atoms with van der Waals surface area (Å²) in [4.78, 5) is 27.9. The lowest BCUT2D eigenvalue weighted by Crippen LogP contribution is -2.49. The van der Waals surface area contributed by atoms with Gasteiger partial charge in [0.25, 0.3) is 0 Å². The number of nitrogens with zero attached hydrogens (tertiary/aromatic N) is 2. The first kappa shape index (κ1) is 17.7. The number of amides is 2. The van der Waals surface area contributed by atoms with Crippen LogP contribution in [0, 0.1) is 0 Å². The van der Waals surface area contributed by atoms with Crippen molar-refractivity contribution >= 4 is 12.0 Å². The second-order valence-corrected chi connectivity index (χ2v) is 6.73. The Hall–Kier alpha value is -2.08. The van der Waals surface area contributed by atoms with Crippen molar-refractivity contribution < 1.29 is 19.1 Å². The molecule has 0 N–H and O–H groups in total. The van der Waals surface area contributed by atoms with E-state index in [0.29, 0.717) is 45.6 Å². The van der Waals surface area contributed by atoms with Gasteiger partial charge in [-0.3, -0.25) is 4.79 Å². The average molecular weight is 346 g/mol. The average Bonchev–Trinajstić information content (AvgIpc) is 2.94. The highest BCUT2D eigenvalue weighted by atomic mass is 16.6. The van der Waals surface area contributed by atoms with E-state index in [1.54, 1.807) is 9.80 Å². The van der Waals surface area contributed by atoms with E-state index in [9.17, 15) is 9.59 Å². The van der Waals surface area contributed by atoms with E-state index < -0.39 is 5.60 Å². The molecular formula is C19H26N2O4. The van der Waals surface area contributed by atoms with Gasteiger partial charge < -0.3 is 19.3 Å². The van der Waals surface area contributed by atoms with Crippen molar-refractivity contribution in [3.05, 3.63) is 35.9 Å². The summed E-state index contributed by atoms with van der Waals surface area (Å²) in [6, 6.07) is 10.1. The molecule has 3 rings (SSSR count). The third-order valence-corrected chi connectivity index (χ3v) is 5.01. The molecule has 2 amide bonds. The number of carbonyl (C=O) groups excluding carboxylic acids is 2. The number of piperidine rings is 1. The van der Waals surface area contributed by atoms with Gasteiger partial charge in [0, 0.05) is 39.1 Å². The molecule has 0 aliphatic carbocycles. The molecule has 2 aliphatic heterocycles. The molecule has 0 bridgehead atoms. The van der Waals surface area contributed by atoms with Crippen LogP contribution in [-0.2, 0) is 20.7 Å². The van der Waals surface area contributed by atoms with Gasteiger partial charge in [0.15, 0.2) is 0 Å². The van der Waals surface area contributed by atoms with Crippen molar-refractivity contribution in [3.8, 4) is 0 Å². The van der Waals surface area contributed by atoms with Gasteiger partial charge in [-0.2, -0.15) is 0 Å². The fourth-order valence-corrected chi connectivity index (χ4v) is 3.48. The maximum atomic E-state index is 12.2. The first-order valence-electron chi connectivity index (χ1n) is 8.99. The van der Waals surface area contributed by atoms with Gasteiger partial charge in [-0.25, -0.2) is 4.79 Å². The minimum atomic E-state index is -0.434. The maximum absolute atomic E-state index is 12.2. The summed E-state index contributed by atoms with van der Waals surface area (Å²) in [6.07, 6.45) is 1.98. The predicted octanol–water partition coefficient (Wildman–Crippen LogP) is 2.08. The molecule has 0 atom stereocenters. The van der Waals surface area contributed by atoms with Gasteiger partial charge in [-0.1, -0.05) is 30.3 Å². The Morgan fingerprint density at radius 2 is 1.96 bits per heavy atom. The van der Waals surface area contributed by atoms with Crippen LogP contribution in [0.25, 0.3) is 0 Å².